The number of hydrogen-bond donors (Lipinski definition) is 0. The zero-order chi connectivity index (χ0) is 13.0. The quantitative estimate of drug-likeness (QED) is 0.824. The van der Waals surface area contributed by atoms with E-state index in [0.29, 0.717) is 5.88 Å². The zero-order valence-electron chi connectivity index (χ0n) is 11.1. The van der Waals surface area contributed by atoms with Crippen LogP contribution in [-0.4, -0.2) is 17.1 Å². The van der Waals surface area contributed by atoms with Crippen molar-refractivity contribution in [1.82, 2.24) is 9.97 Å². The van der Waals surface area contributed by atoms with Crippen LogP contribution in [0.2, 0.25) is 0 Å². The van der Waals surface area contributed by atoms with Crippen molar-refractivity contribution in [2.45, 2.75) is 26.7 Å². The van der Waals surface area contributed by atoms with Gasteiger partial charge in [-0.15, -0.1) is 0 Å². The highest BCUT2D eigenvalue weighted by Crippen LogP contribution is 2.29. The molecule has 3 nitrogen and oxygen atoms in total. The van der Waals surface area contributed by atoms with E-state index in [2.05, 4.69) is 35.9 Å². The van der Waals surface area contributed by atoms with Crippen molar-refractivity contribution in [2.24, 2.45) is 0 Å². The van der Waals surface area contributed by atoms with Gasteiger partial charge in [-0.1, -0.05) is 31.2 Å². The van der Waals surface area contributed by atoms with E-state index in [1.807, 2.05) is 18.3 Å². The van der Waals surface area contributed by atoms with E-state index in [1.54, 1.807) is 7.11 Å². The molecule has 2 rings (SSSR count). The Balaban J connectivity index is 2.48. The lowest BCUT2D eigenvalue weighted by Gasteiger charge is -2.10. The summed E-state index contributed by atoms with van der Waals surface area (Å²) in [5.41, 5.74) is 3.27. The highest BCUT2D eigenvalue weighted by Gasteiger charge is 2.11. The van der Waals surface area contributed by atoms with Crippen molar-refractivity contribution >= 4 is 0 Å². The van der Waals surface area contributed by atoms with Gasteiger partial charge in [-0.3, -0.25) is 0 Å². The third-order valence-corrected chi connectivity index (χ3v) is 2.91. The SMILES string of the molecule is CCCc1ncc(-c2ccccc2C)c(OC)n1. The fourth-order valence-electron chi connectivity index (χ4n) is 1.96. The first kappa shape index (κ1) is 12.6. The van der Waals surface area contributed by atoms with E-state index in [9.17, 15) is 0 Å². The Morgan fingerprint density at radius 2 is 1.94 bits per heavy atom. The molecule has 0 fully saturated rings. The van der Waals surface area contributed by atoms with Gasteiger partial charge in [-0.25, -0.2) is 4.98 Å². The summed E-state index contributed by atoms with van der Waals surface area (Å²) in [5, 5.41) is 0. The summed E-state index contributed by atoms with van der Waals surface area (Å²) >= 11 is 0. The zero-order valence-corrected chi connectivity index (χ0v) is 11.1. The van der Waals surface area contributed by atoms with Crippen LogP contribution in [0.25, 0.3) is 11.1 Å². The monoisotopic (exact) mass is 242 g/mol. The van der Waals surface area contributed by atoms with Gasteiger partial charge < -0.3 is 4.74 Å². The van der Waals surface area contributed by atoms with Gasteiger partial charge in [-0.05, 0) is 24.5 Å². The van der Waals surface area contributed by atoms with Crippen LogP contribution >= 0.6 is 0 Å². The Kier molecular flexibility index (Phi) is 3.92. The summed E-state index contributed by atoms with van der Waals surface area (Å²) in [5.74, 6) is 1.49. The minimum Gasteiger partial charge on any atom is -0.480 e. The number of nitrogens with zero attached hydrogens (tertiary/aromatic N) is 2. The summed E-state index contributed by atoms with van der Waals surface area (Å²) in [6, 6.07) is 8.18. The molecular weight excluding hydrogens is 224 g/mol. The molecule has 1 aromatic heterocycles. The van der Waals surface area contributed by atoms with Crippen LogP contribution < -0.4 is 4.74 Å². The second-order valence-corrected chi connectivity index (χ2v) is 4.27. The third kappa shape index (κ3) is 2.50. The highest BCUT2D eigenvalue weighted by molar-refractivity contribution is 5.70. The summed E-state index contributed by atoms with van der Waals surface area (Å²) in [6.45, 7) is 4.19. The smallest absolute Gasteiger partial charge is 0.224 e. The minimum absolute atomic E-state index is 0.655. The van der Waals surface area contributed by atoms with E-state index in [-0.39, 0.29) is 0 Å². The molecule has 0 aliphatic heterocycles. The topological polar surface area (TPSA) is 35.0 Å². The molecule has 0 saturated heterocycles. The van der Waals surface area contributed by atoms with E-state index in [1.165, 1.54) is 5.56 Å². The van der Waals surface area contributed by atoms with E-state index >= 15 is 0 Å². The molecule has 94 valence electrons. The minimum atomic E-state index is 0.655. The maximum absolute atomic E-state index is 5.39. The van der Waals surface area contributed by atoms with Gasteiger partial charge in [0.05, 0.1) is 12.7 Å². The predicted octanol–water partition coefficient (Wildman–Crippen LogP) is 3.41. The molecule has 0 aliphatic carbocycles. The number of methoxy groups -OCH3 is 1. The molecule has 1 heterocycles. The number of benzene rings is 1. The average molecular weight is 242 g/mol. The Labute approximate surface area is 108 Å². The fourth-order valence-corrected chi connectivity index (χ4v) is 1.96. The van der Waals surface area contributed by atoms with Crippen LogP contribution in [0.3, 0.4) is 0 Å². The van der Waals surface area contributed by atoms with Gasteiger partial charge in [0.15, 0.2) is 0 Å². The molecule has 0 radical (unpaired) electrons. The maximum atomic E-state index is 5.39. The van der Waals surface area contributed by atoms with Crippen LogP contribution in [0.1, 0.15) is 24.7 Å². The standard InChI is InChI=1S/C15H18N2O/c1-4-7-14-16-10-13(15(17-14)18-3)12-9-6-5-8-11(12)2/h5-6,8-10H,4,7H2,1-3H3. The van der Waals surface area contributed by atoms with Crippen LogP contribution in [0.4, 0.5) is 0 Å². The van der Waals surface area contributed by atoms with Crippen molar-refractivity contribution < 1.29 is 4.74 Å². The lowest BCUT2D eigenvalue weighted by Crippen LogP contribution is -2.00. The summed E-state index contributed by atoms with van der Waals surface area (Å²) in [7, 11) is 1.65. The van der Waals surface area contributed by atoms with Gasteiger partial charge in [0.2, 0.25) is 5.88 Å². The van der Waals surface area contributed by atoms with Crippen LogP contribution in [0, 0.1) is 6.92 Å². The van der Waals surface area contributed by atoms with Crippen molar-refractivity contribution in [2.75, 3.05) is 7.11 Å². The fraction of sp³-hybridized carbons (Fsp3) is 0.333. The third-order valence-electron chi connectivity index (χ3n) is 2.91. The Hall–Kier alpha value is -1.90. The summed E-state index contributed by atoms with van der Waals surface area (Å²) in [4.78, 5) is 8.87. The molecule has 0 amide bonds. The first-order valence-corrected chi connectivity index (χ1v) is 6.22. The van der Waals surface area contributed by atoms with Gasteiger partial charge in [0.1, 0.15) is 5.82 Å². The molecule has 3 heteroatoms. The number of rotatable bonds is 4. The maximum Gasteiger partial charge on any atom is 0.224 e. The largest absolute Gasteiger partial charge is 0.480 e. The number of ether oxygens (including phenoxy) is 1. The van der Waals surface area contributed by atoms with E-state index in [4.69, 9.17) is 4.74 Å². The molecular formula is C15H18N2O. The summed E-state index contributed by atoms with van der Waals surface area (Å²) in [6.07, 6.45) is 3.77. The average Bonchev–Trinajstić information content (AvgIpc) is 2.40. The predicted molar refractivity (Wildman–Crippen MR) is 72.8 cm³/mol. The summed E-state index contributed by atoms with van der Waals surface area (Å²) < 4.78 is 5.39. The molecule has 1 aromatic carbocycles. The van der Waals surface area contributed by atoms with Crippen molar-refractivity contribution in [3.8, 4) is 17.0 Å². The Morgan fingerprint density at radius 1 is 1.17 bits per heavy atom. The van der Waals surface area contributed by atoms with Gasteiger partial charge in [-0.2, -0.15) is 4.98 Å². The first-order chi connectivity index (χ1) is 8.76. The van der Waals surface area contributed by atoms with Crippen molar-refractivity contribution in [3.05, 3.63) is 41.9 Å². The Morgan fingerprint density at radius 3 is 2.61 bits per heavy atom. The van der Waals surface area contributed by atoms with E-state index in [0.717, 1.165) is 29.8 Å². The molecule has 18 heavy (non-hydrogen) atoms. The van der Waals surface area contributed by atoms with Crippen LogP contribution in [0.5, 0.6) is 5.88 Å². The molecule has 0 N–H and O–H groups in total. The molecule has 0 aliphatic rings. The van der Waals surface area contributed by atoms with Gasteiger partial charge >= 0.3 is 0 Å². The van der Waals surface area contributed by atoms with E-state index < -0.39 is 0 Å². The lowest BCUT2D eigenvalue weighted by atomic mass is 10.0. The van der Waals surface area contributed by atoms with Gasteiger partial charge in [0, 0.05) is 12.6 Å². The molecule has 0 unspecified atom stereocenters. The van der Waals surface area contributed by atoms with Crippen molar-refractivity contribution in [3.63, 3.8) is 0 Å². The molecule has 2 aromatic rings. The second kappa shape index (κ2) is 5.63. The van der Waals surface area contributed by atoms with Crippen LogP contribution in [0.15, 0.2) is 30.5 Å². The molecule has 0 spiro atoms. The lowest BCUT2D eigenvalue weighted by molar-refractivity contribution is 0.396. The normalized spacial score (nSPS) is 10.4. The number of aryl methyl sites for hydroxylation is 2. The number of aromatic nitrogens is 2. The molecule has 0 bridgehead atoms. The first-order valence-electron chi connectivity index (χ1n) is 6.22. The van der Waals surface area contributed by atoms with Gasteiger partial charge in [0.25, 0.3) is 0 Å². The molecule has 0 saturated carbocycles. The van der Waals surface area contributed by atoms with Crippen molar-refractivity contribution in [1.29, 1.82) is 0 Å². The second-order valence-electron chi connectivity index (χ2n) is 4.27. The highest BCUT2D eigenvalue weighted by atomic mass is 16.5. The van der Waals surface area contributed by atoms with Crippen LogP contribution in [-0.2, 0) is 6.42 Å². The Bertz CT molecular complexity index is 538. The molecule has 0 atom stereocenters. The number of hydrogen-bond acceptors (Lipinski definition) is 3.